The highest BCUT2D eigenvalue weighted by Crippen LogP contribution is 2.17. The van der Waals surface area contributed by atoms with Gasteiger partial charge in [-0.15, -0.1) is 0 Å². The van der Waals surface area contributed by atoms with Crippen LogP contribution >= 0.6 is 0 Å². The summed E-state index contributed by atoms with van der Waals surface area (Å²) in [6.07, 6.45) is 0.400. The van der Waals surface area contributed by atoms with E-state index in [1.807, 2.05) is 0 Å². The number of carbonyl (C=O) groups is 1. The number of amides is 1. The minimum atomic E-state index is -2.94. The van der Waals surface area contributed by atoms with Crippen LogP contribution < -0.4 is 5.73 Å². The van der Waals surface area contributed by atoms with Crippen molar-refractivity contribution in [3.8, 4) is 0 Å². The van der Waals surface area contributed by atoms with Crippen molar-refractivity contribution in [3.63, 3.8) is 0 Å². The standard InChI is InChI=1S/C5H9NO3S/c6-5(7)4-1-2-10(8,9)3-4/h4H,1-3H2,(H2,6,7). The van der Waals surface area contributed by atoms with E-state index in [0.29, 0.717) is 6.42 Å². The Morgan fingerprint density at radius 2 is 2.10 bits per heavy atom. The first-order chi connectivity index (χ1) is 4.51. The number of hydrogen-bond acceptors (Lipinski definition) is 3. The lowest BCUT2D eigenvalue weighted by atomic mass is 10.1. The third-order valence-corrected chi connectivity index (χ3v) is 3.40. The lowest BCUT2D eigenvalue weighted by molar-refractivity contribution is -0.121. The Bertz CT molecular complexity index is 244. The highest BCUT2D eigenvalue weighted by Gasteiger charge is 2.31. The summed E-state index contributed by atoms with van der Waals surface area (Å²) in [5, 5.41) is 0. The molecule has 0 aromatic heterocycles. The van der Waals surface area contributed by atoms with Crippen LogP contribution in [0, 0.1) is 5.92 Å². The van der Waals surface area contributed by atoms with Gasteiger partial charge in [-0.2, -0.15) is 0 Å². The Labute approximate surface area is 59.3 Å². The normalized spacial score (nSPS) is 30.2. The summed E-state index contributed by atoms with van der Waals surface area (Å²) in [4.78, 5) is 10.4. The van der Waals surface area contributed by atoms with Crippen LogP contribution in [-0.4, -0.2) is 25.8 Å². The molecule has 0 bridgehead atoms. The van der Waals surface area contributed by atoms with Gasteiger partial charge in [-0.25, -0.2) is 8.42 Å². The highest BCUT2D eigenvalue weighted by molar-refractivity contribution is 7.91. The molecule has 0 aromatic rings. The maximum Gasteiger partial charge on any atom is 0.221 e. The number of nitrogens with two attached hydrogens (primary N) is 1. The van der Waals surface area contributed by atoms with Gasteiger partial charge in [0.2, 0.25) is 5.91 Å². The first-order valence-corrected chi connectivity index (χ1v) is 4.83. The topological polar surface area (TPSA) is 77.2 Å². The maximum absolute atomic E-state index is 10.7. The third kappa shape index (κ3) is 1.47. The molecule has 10 heavy (non-hydrogen) atoms. The van der Waals surface area contributed by atoms with Gasteiger partial charge in [0.1, 0.15) is 0 Å². The van der Waals surface area contributed by atoms with Gasteiger partial charge in [-0.1, -0.05) is 0 Å². The smallest absolute Gasteiger partial charge is 0.221 e. The van der Waals surface area contributed by atoms with Crippen LogP contribution in [0.5, 0.6) is 0 Å². The van der Waals surface area contributed by atoms with Crippen LogP contribution in [0.1, 0.15) is 6.42 Å². The Hall–Kier alpha value is -0.580. The molecule has 5 heteroatoms. The molecule has 0 aromatic carbocycles. The van der Waals surface area contributed by atoms with E-state index in [9.17, 15) is 13.2 Å². The van der Waals surface area contributed by atoms with E-state index >= 15 is 0 Å². The molecule has 0 radical (unpaired) electrons. The minimum Gasteiger partial charge on any atom is -0.369 e. The van der Waals surface area contributed by atoms with E-state index in [2.05, 4.69) is 0 Å². The van der Waals surface area contributed by atoms with Crippen molar-refractivity contribution < 1.29 is 13.2 Å². The molecular formula is C5H9NO3S. The van der Waals surface area contributed by atoms with E-state index in [0.717, 1.165) is 0 Å². The molecular weight excluding hydrogens is 154 g/mol. The number of hydrogen-bond donors (Lipinski definition) is 1. The van der Waals surface area contributed by atoms with E-state index in [4.69, 9.17) is 5.73 Å². The molecule has 1 amide bonds. The number of carbonyl (C=O) groups excluding carboxylic acids is 1. The number of rotatable bonds is 1. The molecule has 1 heterocycles. The quantitative estimate of drug-likeness (QED) is 0.533. The molecule has 1 aliphatic heterocycles. The maximum atomic E-state index is 10.7. The van der Waals surface area contributed by atoms with Crippen LogP contribution in [-0.2, 0) is 14.6 Å². The minimum absolute atomic E-state index is 0.0532. The zero-order chi connectivity index (χ0) is 7.78. The Morgan fingerprint density at radius 1 is 1.50 bits per heavy atom. The van der Waals surface area contributed by atoms with Crippen molar-refractivity contribution >= 4 is 15.7 Å². The zero-order valence-corrected chi connectivity index (χ0v) is 6.23. The summed E-state index contributed by atoms with van der Waals surface area (Å²) >= 11 is 0. The van der Waals surface area contributed by atoms with E-state index in [1.54, 1.807) is 0 Å². The van der Waals surface area contributed by atoms with Gasteiger partial charge < -0.3 is 5.73 Å². The Kier molecular flexibility index (Phi) is 1.68. The van der Waals surface area contributed by atoms with Crippen molar-refractivity contribution in [2.45, 2.75) is 6.42 Å². The van der Waals surface area contributed by atoms with E-state index in [-0.39, 0.29) is 11.5 Å². The highest BCUT2D eigenvalue weighted by atomic mass is 32.2. The van der Waals surface area contributed by atoms with Gasteiger partial charge >= 0.3 is 0 Å². The molecule has 0 aliphatic carbocycles. The fourth-order valence-corrected chi connectivity index (χ4v) is 2.77. The Balaban J connectivity index is 2.69. The second-order valence-corrected chi connectivity index (χ2v) is 4.73. The molecule has 1 rings (SSSR count). The van der Waals surface area contributed by atoms with Crippen molar-refractivity contribution in [3.05, 3.63) is 0 Å². The average Bonchev–Trinajstić information content (AvgIpc) is 2.10. The van der Waals surface area contributed by atoms with Crippen molar-refractivity contribution in [1.29, 1.82) is 0 Å². The largest absolute Gasteiger partial charge is 0.369 e. The average molecular weight is 163 g/mol. The van der Waals surface area contributed by atoms with E-state index < -0.39 is 21.7 Å². The summed E-state index contributed by atoms with van der Waals surface area (Å²) in [6, 6.07) is 0. The first-order valence-electron chi connectivity index (χ1n) is 3.01. The van der Waals surface area contributed by atoms with Crippen LogP contribution in [0.3, 0.4) is 0 Å². The van der Waals surface area contributed by atoms with E-state index in [1.165, 1.54) is 0 Å². The van der Waals surface area contributed by atoms with Gasteiger partial charge in [0.05, 0.1) is 17.4 Å². The van der Waals surface area contributed by atoms with Crippen LogP contribution in [0.15, 0.2) is 0 Å². The van der Waals surface area contributed by atoms with Gasteiger partial charge in [0, 0.05) is 0 Å². The van der Waals surface area contributed by atoms with Crippen LogP contribution in [0.25, 0.3) is 0 Å². The summed E-state index contributed by atoms with van der Waals surface area (Å²) in [5.74, 6) is -0.880. The lowest BCUT2D eigenvalue weighted by Crippen LogP contribution is -2.23. The van der Waals surface area contributed by atoms with Crippen molar-refractivity contribution in [2.75, 3.05) is 11.5 Å². The SMILES string of the molecule is NC(=O)C1CCS(=O)(=O)C1. The second kappa shape index (κ2) is 2.23. The molecule has 4 nitrogen and oxygen atoms in total. The summed E-state index contributed by atoms with van der Waals surface area (Å²) < 4.78 is 21.5. The fraction of sp³-hybridized carbons (Fsp3) is 0.800. The second-order valence-electron chi connectivity index (χ2n) is 2.50. The molecule has 1 unspecified atom stereocenters. The van der Waals surface area contributed by atoms with Gasteiger partial charge in [-0.3, -0.25) is 4.79 Å². The molecule has 1 atom stereocenters. The van der Waals surface area contributed by atoms with Crippen LogP contribution in [0.2, 0.25) is 0 Å². The summed E-state index contributed by atoms with van der Waals surface area (Å²) in [7, 11) is -2.94. The van der Waals surface area contributed by atoms with Crippen molar-refractivity contribution in [2.24, 2.45) is 11.7 Å². The molecule has 0 saturated carbocycles. The number of primary amides is 1. The predicted octanol–water partition coefficient (Wildman–Crippen LogP) is -1.09. The Morgan fingerprint density at radius 3 is 2.30 bits per heavy atom. The molecule has 1 aliphatic rings. The lowest BCUT2D eigenvalue weighted by Gasteiger charge is -1.97. The van der Waals surface area contributed by atoms with Crippen molar-refractivity contribution in [1.82, 2.24) is 0 Å². The third-order valence-electron chi connectivity index (χ3n) is 1.63. The zero-order valence-electron chi connectivity index (χ0n) is 5.41. The first kappa shape index (κ1) is 7.53. The molecule has 58 valence electrons. The molecule has 0 spiro atoms. The number of sulfone groups is 1. The fourth-order valence-electron chi connectivity index (χ4n) is 1.02. The molecule has 2 N–H and O–H groups in total. The monoisotopic (exact) mass is 163 g/mol. The molecule has 1 saturated heterocycles. The summed E-state index contributed by atoms with van der Waals surface area (Å²) in [5.41, 5.74) is 4.92. The van der Waals surface area contributed by atoms with Gasteiger partial charge in [0.15, 0.2) is 9.84 Å². The summed E-state index contributed by atoms with van der Waals surface area (Å²) in [6.45, 7) is 0. The van der Waals surface area contributed by atoms with Crippen LogP contribution in [0.4, 0.5) is 0 Å². The molecule has 1 fully saturated rings. The van der Waals surface area contributed by atoms with Gasteiger partial charge in [0.25, 0.3) is 0 Å². The van der Waals surface area contributed by atoms with Gasteiger partial charge in [-0.05, 0) is 6.42 Å². The predicted molar refractivity (Wildman–Crippen MR) is 36.0 cm³/mol.